The van der Waals surface area contributed by atoms with E-state index in [2.05, 4.69) is 4.98 Å². The predicted molar refractivity (Wildman–Crippen MR) is 150 cm³/mol. The van der Waals surface area contributed by atoms with Crippen LogP contribution < -0.4 is 0 Å². The van der Waals surface area contributed by atoms with Crippen LogP contribution in [0, 0.1) is 13.8 Å². The molecule has 0 aliphatic carbocycles. The minimum absolute atomic E-state index is 0.252. The van der Waals surface area contributed by atoms with E-state index in [1.807, 2.05) is 86.6 Å². The van der Waals surface area contributed by atoms with E-state index in [9.17, 15) is 8.42 Å². The Morgan fingerprint density at radius 2 is 1.57 bits per heavy atom. The minimum atomic E-state index is -3.84. The topological polar surface area (TPSA) is 64.8 Å². The van der Waals surface area contributed by atoms with Crippen LogP contribution in [-0.4, -0.2) is 22.4 Å². The van der Waals surface area contributed by atoms with Crippen molar-refractivity contribution >= 4 is 32.3 Å². The Bertz CT molecular complexity index is 1860. The molecule has 0 fully saturated rings. The number of hydrogen-bond acceptors (Lipinski definition) is 5. The first-order valence-corrected chi connectivity index (χ1v) is 14.1. The maximum atomic E-state index is 13.9. The Morgan fingerprint density at radius 3 is 2.32 bits per heavy atom. The number of aryl methyl sites for hydroxylation is 2. The van der Waals surface area contributed by atoms with Gasteiger partial charge in [-0.1, -0.05) is 54.6 Å². The molecule has 3 heterocycles. The number of benzene rings is 3. The molecular weight excluding hydrogens is 498 g/mol. The van der Waals surface area contributed by atoms with Crippen LogP contribution >= 0.6 is 11.3 Å². The standard InChI is InChI=1S/C30H23N3O2S2/c1-20-10-6-7-13-25(20)28-19-23-18-22(29-21(2)36-30(32-29)26-14-8-9-17-31-26)15-16-27(23)33(28)37(34,35)24-11-4-3-5-12-24/h3-19H,1-2H3. The normalized spacial score (nSPS) is 11.7. The summed E-state index contributed by atoms with van der Waals surface area (Å²) in [5.41, 5.74) is 5.80. The predicted octanol–water partition coefficient (Wildman–Crippen LogP) is 7.35. The van der Waals surface area contributed by atoms with Gasteiger partial charge < -0.3 is 0 Å². The molecule has 5 nitrogen and oxygen atoms in total. The lowest BCUT2D eigenvalue weighted by molar-refractivity contribution is 0.589. The lowest BCUT2D eigenvalue weighted by atomic mass is 10.1. The van der Waals surface area contributed by atoms with Gasteiger partial charge >= 0.3 is 0 Å². The number of pyridine rings is 1. The summed E-state index contributed by atoms with van der Waals surface area (Å²) in [4.78, 5) is 10.7. The van der Waals surface area contributed by atoms with Crippen molar-refractivity contribution in [2.75, 3.05) is 0 Å². The molecule has 0 aliphatic rings. The highest BCUT2D eigenvalue weighted by molar-refractivity contribution is 7.90. The monoisotopic (exact) mass is 521 g/mol. The summed E-state index contributed by atoms with van der Waals surface area (Å²) < 4.78 is 29.3. The summed E-state index contributed by atoms with van der Waals surface area (Å²) in [5, 5.41) is 1.69. The van der Waals surface area contributed by atoms with Crippen molar-refractivity contribution in [3.05, 3.63) is 114 Å². The van der Waals surface area contributed by atoms with Gasteiger partial charge in [0.25, 0.3) is 10.0 Å². The van der Waals surface area contributed by atoms with Gasteiger partial charge in [-0.05, 0) is 61.9 Å². The number of hydrogen-bond donors (Lipinski definition) is 0. The molecule has 37 heavy (non-hydrogen) atoms. The Morgan fingerprint density at radius 1 is 0.811 bits per heavy atom. The second-order valence-electron chi connectivity index (χ2n) is 8.84. The maximum absolute atomic E-state index is 13.9. The Balaban J connectivity index is 1.56. The van der Waals surface area contributed by atoms with Crippen molar-refractivity contribution in [3.63, 3.8) is 0 Å². The maximum Gasteiger partial charge on any atom is 0.268 e. The molecule has 0 saturated heterocycles. The Hall–Kier alpha value is -4.07. The lowest BCUT2D eigenvalue weighted by Crippen LogP contribution is -2.14. The second kappa shape index (κ2) is 9.10. The molecule has 3 aromatic heterocycles. The molecule has 0 unspecified atom stereocenters. The van der Waals surface area contributed by atoms with Gasteiger partial charge in [0, 0.05) is 27.6 Å². The highest BCUT2D eigenvalue weighted by Gasteiger charge is 2.25. The van der Waals surface area contributed by atoms with Gasteiger partial charge in [-0.15, -0.1) is 11.3 Å². The molecule has 0 atom stereocenters. The molecule has 0 bridgehead atoms. The summed E-state index contributed by atoms with van der Waals surface area (Å²) in [5.74, 6) is 0. The number of nitrogens with zero attached hydrogens (tertiary/aromatic N) is 3. The zero-order chi connectivity index (χ0) is 25.6. The third kappa shape index (κ3) is 4.06. The van der Waals surface area contributed by atoms with Gasteiger partial charge in [-0.2, -0.15) is 0 Å². The van der Waals surface area contributed by atoms with Crippen molar-refractivity contribution in [3.8, 4) is 33.2 Å². The highest BCUT2D eigenvalue weighted by atomic mass is 32.2. The number of fused-ring (bicyclic) bond motifs is 1. The van der Waals surface area contributed by atoms with E-state index in [1.165, 1.54) is 3.97 Å². The average Bonchev–Trinajstić information content (AvgIpc) is 3.50. The van der Waals surface area contributed by atoms with E-state index in [0.717, 1.165) is 43.3 Å². The first-order valence-electron chi connectivity index (χ1n) is 11.8. The summed E-state index contributed by atoms with van der Waals surface area (Å²) >= 11 is 1.60. The van der Waals surface area contributed by atoms with E-state index in [4.69, 9.17) is 4.98 Å². The zero-order valence-electron chi connectivity index (χ0n) is 20.3. The molecule has 0 amide bonds. The van der Waals surface area contributed by atoms with E-state index in [1.54, 1.807) is 41.8 Å². The molecule has 0 spiro atoms. The van der Waals surface area contributed by atoms with Gasteiger partial charge in [0.1, 0.15) is 5.01 Å². The van der Waals surface area contributed by atoms with Crippen LogP contribution in [0.1, 0.15) is 10.4 Å². The van der Waals surface area contributed by atoms with Crippen molar-refractivity contribution in [1.82, 2.24) is 13.9 Å². The number of aromatic nitrogens is 3. The smallest absolute Gasteiger partial charge is 0.254 e. The molecule has 0 aliphatic heterocycles. The lowest BCUT2D eigenvalue weighted by Gasteiger charge is -2.13. The van der Waals surface area contributed by atoms with Gasteiger partial charge in [0.15, 0.2) is 0 Å². The summed E-state index contributed by atoms with van der Waals surface area (Å²) in [6, 6.07) is 30.0. The molecule has 0 N–H and O–H groups in total. The van der Waals surface area contributed by atoms with E-state index < -0.39 is 10.0 Å². The molecule has 0 radical (unpaired) electrons. The first kappa shape index (κ1) is 23.3. The quantitative estimate of drug-likeness (QED) is 0.238. The van der Waals surface area contributed by atoms with E-state index in [-0.39, 0.29) is 4.90 Å². The van der Waals surface area contributed by atoms with Crippen molar-refractivity contribution in [2.24, 2.45) is 0 Å². The van der Waals surface area contributed by atoms with Gasteiger partial charge in [-0.3, -0.25) is 4.98 Å². The van der Waals surface area contributed by atoms with Crippen LogP contribution in [0.3, 0.4) is 0 Å². The van der Waals surface area contributed by atoms with Crippen molar-refractivity contribution in [2.45, 2.75) is 18.7 Å². The van der Waals surface area contributed by atoms with Gasteiger partial charge in [0.05, 0.1) is 27.5 Å². The highest BCUT2D eigenvalue weighted by Crippen LogP contribution is 2.38. The molecule has 7 heteroatoms. The SMILES string of the molecule is Cc1ccccc1-c1cc2cc(-c3nc(-c4ccccn4)sc3C)ccc2n1S(=O)(=O)c1ccccc1. The first-order chi connectivity index (χ1) is 17.9. The van der Waals surface area contributed by atoms with Gasteiger partial charge in [-0.25, -0.2) is 17.4 Å². The third-order valence-corrected chi connectivity index (χ3v) is 9.15. The van der Waals surface area contributed by atoms with Crippen LogP contribution in [0.15, 0.2) is 108 Å². The van der Waals surface area contributed by atoms with Crippen LogP contribution in [-0.2, 0) is 10.0 Å². The molecule has 182 valence electrons. The Kier molecular flexibility index (Phi) is 5.74. The summed E-state index contributed by atoms with van der Waals surface area (Å²) in [6.07, 6.45) is 1.76. The fourth-order valence-corrected chi connectivity index (χ4v) is 7.06. The van der Waals surface area contributed by atoms with Crippen LogP contribution in [0.5, 0.6) is 0 Å². The van der Waals surface area contributed by atoms with Gasteiger partial charge in [0.2, 0.25) is 0 Å². The van der Waals surface area contributed by atoms with Crippen LogP contribution in [0.25, 0.3) is 44.1 Å². The fraction of sp³-hybridized carbons (Fsp3) is 0.0667. The summed E-state index contributed by atoms with van der Waals surface area (Å²) in [6.45, 7) is 4.04. The molecule has 6 rings (SSSR count). The van der Waals surface area contributed by atoms with Crippen LogP contribution in [0.2, 0.25) is 0 Å². The number of rotatable bonds is 5. The molecule has 3 aromatic carbocycles. The molecule has 6 aromatic rings. The van der Waals surface area contributed by atoms with Crippen molar-refractivity contribution < 1.29 is 8.42 Å². The molecular formula is C30H23N3O2S2. The minimum Gasteiger partial charge on any atom is -0.254 e. The Labute approximate surface area is 219 Å². The third-order valence-electron chi connectivity index (χ3n) is 6.41. The fourth-order valence-electron chi connectivity index (χ4n) is 4.61. The van der Waals surface area contributed by atoms with E-state index in [0.29, 0.717) is 11.2 Å². The second-order valence-corrected chi connectivity index (χ2v) is 11.8. The summed E-state index contributed by atoms with van der Waals surface area (Å²) in [7, 11) is -3.84. The molecule has 0 saturated carbocycles. The zero-order valence-corrected chi connectivity index (χ0v) is 21.9. The largest absolute Gasteiger partial charge is 0.268 e. The van der Waals surface area contributed by atoms with Crippen LogP contribution in [0.4, 0.5) is 0 Å². The number of thiazole rings is 1. The van der Waals surface area contributed by atoms with Crippen molar-refractivity contribution in [1.29, 1.82) is 0 Å². The average molecular weight is 522 g/mol. The van der Waals surface area contributed by atoms with E-state index >= 15 is 0 Å².